The van der Waals surface area contributed by atoms with Gasteiger partial charge in [-0.05, 0) is 43.4 Å². The number of hydrogen-bond donors (Lipinski definition) is 1. The first-order valence-electron chi connectivity index (χ1n) is 7.02. The molecular weight excluding hydrogens is 267 g/mol. The molecule has 0 unspecified atom stereocenters. The van der Waals surface area contributed by atoms with Crippen molar-refractivity contribution in [3.05, 3.63) is 29.8 Å². The molecule has 1 aliphatic carbocycles. The van der Waals surface area contributed by atoms with E-state index in [1.165, 1.54) is 37.8 Å². The molecule has 1 aromatic rings. The predicted octanol–water partition coefficient (Wildman–Crippen LogP) is 4.25. The highest BCUT2D eigenvalue weighted by molar-refractivity contribution is 5.28. The van der Waals surface area contributed by atoms with Crippen LogP contribution in [-0.4, -0.2) is 12.4 Å². The Labute approximate surface area is 117 Å². The molecule has 0 saturated heterocycles. The van der Waals surface area contributed by atoms with Gasteiger partial charge in [0.2, 0.25) is 0 Å². The molecule has 0 aromatic heterocycles. The topological polar surface area (TPSA) is 21.3 Å². The van der Waals surface area contributed by atoms with Crippen LogP contribution in [0.1, 0.15) is 38.2 Å². The van der Waals surface area contributed by atoms with Crippen LogP contribution in [0, 0.1) is 5.92 Å². The Morgan fingerprint density at radius 1 is 1.30 bits per heavy atom. The fourth-order valence-electron chi connectivity index (χ4n) is 2.76. The first-order chi connectivity index (χ1) is 9.44. The zero-order chi connectivity index (χ0) is 14.6. The highest BCUT2D eigenvalue weighted by atomic mass is 19.4. The van der Waals surface area contributed by atoms with Gasteiger partial charge in [0.25, 0.3) is 0 Å². The van der Waals surface area contributed by atoms with Crippen LogP contribution in [0.5, 0.6) is 5.75 Å². The van der Waals surface area contributed by atoms with Crippen molar-refractivity contribution in [1.29, 1.82) is 0 Å². The maximum Gasteiger partial charge on any atom is 0.573 e. The third-order valence-electron chi connectivity index (χ3n) is 3.87. The van der Waals surface area contributed by atoms with Crippen molar-refractivity contribution in [2.24, 2.45) is 5.92 Å². The quantitative estimate of drug-likeness (QED) is 0.874. The molecule has 2 nitrogen and oxygen atoms in total. The second-order valence-electron chi connectivity index (χ2n) is 5.41. The van der Waals surface area contributed by atoms with Crippen LogP contribution in [0.2, 0.25) is 0 Å². The average Bonchev–Trinajstić information content (AvgIpc) is 2.88. The van der Waals surface area contributed by atoms with Crippen molar-refractivity contribution in [2.75, 3.05) is 0 Å². The number of halogens is 3. The lowest BCUT2D eigenvalue weighted by atomic mass is 9.99. The zero-order valence-electron chi connectivity index (χ0n) is 11.5. The molecule has 112 valence electrons. The third kappa shape index (κ3) is 4.71. The van der Waals surface area contributed by atoms with Gasteiger partial charge in [-0.25, -0.2) is 0 Å². The summed E-state index contributed by atoms with van der Waals surface area (Å²) in [6.07, 6.45) is 0.414. The highest BCUT2D eigenvalue weighted by Gasteiger charge is 2.31. The van der Waals surface area contributed by atoms with E-state index >= 15 is 0 Å². The normalized spacial score (nSPS) is 18.2. The molecule has 5 heteroatoms. The predicted molar refractivity (Wildman–Crippen MR) is 71.4 cm³/mol. The fraction of sp³-hybridized carbons (Fsp3) is 0.600. The molecule has 0 spiro atoms. The van der Waals surface area contributed by atoms with Crippen LogP contribution >= 0.6 is 0 Å². The number of ether oxygens (including phenoxy) is 1. The van der Waals surface area contributed by atoms with E-state index in [1.54, 1.807) is 12.1 Å². The molecule has 0 amide bonds. The minimum Gasteiger partial charge on any atom is -0.406 e. The number of nitrogens with one attached hydrogen (secondary N) is 1. The van der Waals surface area contributed by atoms with Gasteiger partial charge in [0, 0.05) is 12.6 Å². The zero-order valence-corrected chi connectivity index (χ0v) is 11.5. The second kappa shape index (κ2) is 6.48. The molecule has 20 heavy (non-hydrogen) atoms. The summed E-state index contributed by atoms with van der Waals surface area (Å²) in [5.41, 5.74) is 0.802. The standard InChI is InChI=1S/C15H20F3NO/c1-11(13-6-2-3-7-13)19-10-12-5-4-8-14(9-12)20-15(16,17)18/h4-5,8-9,11,13,19H,2-3,6-7,10H2,1H3/t11-/m1/s1. The van der Waals surface area contributed by atoms with Gasteiger partial charge in [0.15, 0.2) is 0 Å². The number of alkyl halides is 3. The van der Waals surface area contributed by atoms with Crippen molar-refractivity contribution in [1.82, 2.24) is 5.32 Å². The SMILES string of the molecule is C[C@@H](NCc1cccc(OC(F)(F)F)c1)C1CCCC1. The monoisotopic (exact) mass is 287 g/mol. The molecule has 1 saturated carbocycles. The fourth-order valence-corrected chi connectivity index (χ4v) is 2.76. The Balaban J connectivity index is 1.87. The van der Waals surface area contributed by atoms with Gasteiger partial charge in [0.1, 0.15) is 5.75 Å². The van der Waals surface area contributed by atoms with Crippen molar-refractivity contribution >= 4 is 0 Å². The molecule has 0 heterocycles. The van der Waals surface area contributed by atoms with E-state index < -0.39 is 6.36 Å². The molecule has 1 N–H and O–H groups in total. The molecule has 2 rings (SSSR count). The largest absolute Gasteiger partial charge is 0.573 e. The molecule has 1 aromatic carbocycles. The van der Waals surface area contributed by atoms with Crippen molar-refractivity contribution in [2.45, 2.75) is 51.6 Å². The Kier molecular flexibility index (Phi) is 4.91. The van der Waals surface area contributed by atoms with E-state index in [1.807, 2.05) is 0 Å². The van der Waals surface area contributed by atoms with Crippen LogP contribution in [-0.2, 0) is 6.54 Å². The van der Waals surface area contributed by atoms with E-state index in [4.69, 9.17) is 0 Å². The summed E-state index contributed by atoms with van der Waals surface area (Å²) in [7, 11) is 0. The van der Waals surface area contributed by atoms with Crippen LogP contribution in [0.4, 0.5) is 13.2 Å². The molecule has 1 fully saturated rings. The van der Waals surface area contributed by atoms with Gasteiger partial charge in [-0.3, -0.25) is 0 Å². The second-order valence-corrected chi connectivity index (χ2v) is 5.41. The van der Waals surface area contributed by atoms with Crippen molar-refractivity contribution in [3.8, 4) is 5.75 Å². The minimum absolute atomic E-state index is 0.162. The van der Waals surface area contributed by atoms with Gasteiger partial charge in [-0.1, -0.05) is 25.0 Å². The summed E-state index contributed by atoms with van der Waals surface area (Å²) in [5, 5.41) is 3.39. The molecule has 0 radical (unpaired) electrons. The number of hydrogen-bond acceptors (Lipinski definition) is 2. The lowest BCUT2D eigenvalue weighted by Gasteiger charge is -2.20. The average molecular weight is 287 g/mol. The summed E-state index contributed by atoms with van der Waals surface area (Å²) in [4.78, 5) is 0. The molecule has 0 aliphatic heterocycles. The van der Waals surface area contributed by atoms with Crippen LogP contribution in [0.15, 0.2) is 24.3 Å². The molecule has 1 aliphatic rings. The number of rotatable bonds is 5. The van der Waals surface area contributed by atoms with Crippen molar-refractivity contribution in [3.63, 3.8) is 0 Å². The summed E-state index contributed by atoms with van der Waals surface area (Å²) >= 11 is 0. The van der Waals surface area contributed by atoms with Crippen LogP contribution < -0.4 is 10.1 Å². The van der Waals surface area contributed by atoms with E-state index in [-0.39, 0.29) is 5.75 Å². The molecule has 1 atom stereocenters. The molecule has 0 bridgehead atoms. The van der Waals surface area contributed by atoms with Gasteiger partial charge < -0.3 is 10.1 Å². The number of benzene rings is 1. The summed E-state index contributed by atoms with van der Waals surface area (Å²) in [6, 6.07) is 6.53. The Morgan fingerprint density at radius 2 is 2.00 bits per heavy atom. The minimum atomic E-state index is -4.64. The van der Waals surface area contributed by atoms with Gasteiger partial charge in [0.05, 0.1) is 0 Å². The summed E-state index contributed by atoms with van der Waals surface area (Å²) < 4.78 is 40.4. The van der Waals surface area contributed by atoms with Gasteiger partial charge >= 0.3 is 6.36 Å². The first kappa shape index (κ1) is 15.2. The lowest BCUT2D eigenvalue weighted by Crippen LogP contribution is -2.31. The Hall–Kier alpha value is -1.23. The summed E-state index contributed by atoms with van der Waals surface area (Å²) in [5.74, 6) is 0.523. The van der Waals surface area contributed by atoms with E-state index in [0.29, 0.717) is 18.5 Å². The van der Waals surface area contributed by atoms with Gasteiger partial charge in [-0.2, -0.15) is 0 Å². The maximum absolute atomic E-state index is 12.2. The van der Waals surface area contributed by atoms with E-state index in [2.05, 4.69) is 17.0 Å². The maximum atomic E-state index is 12.2. The Morgan fingerprint density at radius 3 is 2.65 bits per heavy atom. The first-order valence-corrected chi connectivity index (χ1v) is 7.02. The van der Waals surface area contributed by atoms with Gasteiger partial charge in [-0.15, -0.1) is 13.2 Å². The van der Waals surface area contributed by atoms with Crippen LogP contribution in [0.3, 0.4) is 0 Å². The summed E-state index contributed by atoms with van der Waals surface area (Å²) in [6.45, 7) is 2.71. The van der Waals surface area contributed by atoms with Crippen LogP contribution in [0.25, 0.3) is 0 Å². The van der Waals surface area contributed by atoms with E-state index in [0.717, 1.165) is 5.56 Å². The molecular formula is C15H20F3NO. The smallest absolute Gasteiger partial charge is 0.406 e. The lowest BCUT2D eigenvalue weighted by molar-refractivity contribution is -0.274. The highest BCUT2D eigenvalue weighted by Crippen LogP contribution is 2.28. The van der Waals surface area contributed by atoms with E-state index in [9.17, 15) is 13.2 Å². The third-order valence-corrected chi connectivity index (χ3v) is 3.87. The van der Waals surface area contributed by atoms with Crippen molar-refractivity contribution < 1.29 is 17.9 Å². The Bertz CT molecular complexity index is 427.